The lowest BCUT2D eigenvalue weighted by molar-refractivity contribution is -0.397. The molecule has 0 N–H and O–H groups in total. The Morgan fingerprint density at radius 1 is 0.509 bits per heavy atom. The van der Waals surface area contributed by atoms with Crippen molar-refractivity contribution < 1.29 is 52.2 Å². The highest BCUT2D eigenvalue weighted by Gasteiger charge is 2.55. The average molecular weight is 759 g/mol. The number of hydrogen-bond donors (Lipinski definition) is 0. The zero-order valence-corrected chi connectivity index (χ0v) is 32.4. The molecule has 5 aliphatic heterocycles. The molecule has 3 aromatic rings. The van der Waals surface area contributed by atoms with Gasteiger partial charge < -0.3 is 47.4 Å². The normalized spacial score (nSPS) is 41.7. The molecule has 8 rings (SSSR count). The summed E-state index contributed by atoms with van der Waals surface area (Å²) in [5.74, 6) is -0.794. The molecule has 0 saturated carbocycles. The lowest BCUT2D eigenvalue weighted by Crippen LogP contribution is -2.64. The second kappa shape index (κ2) is 16.7. The van der Waals surface area contributed by atoms with Gasteiger partial charge in [0.25, 0.3) is 0 Å². The molecule has 55 heavy (non-hydrogen) atoms. The predicted octanol–water partition coefficient (Wildman–Crippen LogP) is 7.01. The van der Waals surface area contributed by atoms with Crippen LogP contribution in [-0.2, 0) is 47.4 Å². The Labute approximate surface area is 323 Å². The van der Waals surface area contributed by atoms with Crippen molar-refractivity contribution in [3.63, 3.8) is 0 Å². The first-order valence-corrected chi connectivity index (χ1v) is 19.8. The van der Waals surface area contributed by atoms with E-state index in [0.29, 0.717) is 12.2 Å². The molecule has 0 radical (unpaired) electrons. The van der Waals surface area contributed by atoms with Gasteiger partial charge in [0.15, 0.2) is 31.3 Å². The van der Waals surface area contributed by atoms with Gasteiger partial charge in [0.05, 0.1) is 43.2 Å². The summed E-state index contributed by atoms with van der Waals surface area (Å²) in [6, 6.07) is 28.9. The first kappa shape index (κ1) is 38.6. The minimum Gasteiger partial charge on any atom is -0.453 e. The summed E-state index contributed by atoms with van der Waals surface area (Å²) in [5, 5.41) is 0. The largest absolute Gasteiger partial charge is 0.453 e. The summed E-state index contributed by atoms with van der Waals surface area (Å²) in [6.45, 7) is 13.0. The van der Waals surface area contributed by atoms with Crippen molar-refractivity contribution in [1.29, 1.82) is 0 Å². The molecule has 5 heterocycles. The van der Waals surface area contributed by atoms with Crippen molar-refractivity contribution >= 4 is 5.97 Å². The molecule has 0 aromatic heterocycles. The SMILES string of the molecule is CC1O[C@@H](C)[C@@H](OC(=O)c2ccccc2)[C@@H](O[C@@H]2OC3COC(c4ccccc4)O[C@H]3[C@H](O[C@@H]3OC4COC(c5ccccc5)O[C@H]4[C@H](C)C3C)C2C)C1C. The second-order valence-electron chi connectivity index (χ2n) is 15.9. The molecule has 11 nitrogen and oxygen atoms in total. The van der Waals surface area contributed by atoms with Crippen molar-refractivity contribution in [3.05, 3.63) is 108 Å². The van der Waals surface area contributed by atoms with Crippen LogP contribution < -0.4 is 0 Å². The van der Waals surface area contributed by atoms with Gasteiger partial charge in [-0.3, -0.25) is 0 Å². The molecule has 5 saturated heterocycles. The number of carbonyl (C=O) groups is 1. The molecule has 5 aliphatic rings. The van der Waals surface area contributed by atoms with E-state index in [1.54, 1.807) is 12.1 Å². The molecule has 296 valence electrons. The third-order valence-corrected chi connectivity index (χ3v) is 12.2. The number of esters is 1. The summed E-state index contributed by atoms with van der Waals surface area (Å²) in [4.78, 5) is 13.4. The standard InChI is InChI=1S/C44H54O11/c1-24-25(2)41(49-33-22-46-43(52-35(24)33)31-18-12-8-13-19-31)54-37-27(4)42(50-34-23-47-44(55-39(34)37)32-20-14-9-15-21-32)53-36-26(3)28(5)48-29(6)38(36)51-40(45)30-16-10-7-11-17-30/h7-21,24-29,33-39,41-44H,22-23H2,1-6H3/t24-,25?,26?,27?,28?,29+,33?,34?,35+,36+,37-,38-,39-,41+,42+,43?,44?/m1/s1. The topological polar surface area (TPSA) is 109 Å². The number of rotatable bonds is 8. The van der Waals surface area contributed by atoms with Gasteiger partial charge in [-0.1, -0.05) is 107 Å². The Morgan fingerprint density at radius 3 is 1.62 bits per heavy atom. The number of fused-ring (bicyclic) bond motifs is 2. The van der Waals surface area contributed by atoms with E-state index >= 15 is 0 Å². The monoisotopic (exact) mass is 758 g/mol. The molecule has 5 fully saturated rings. The van der Waals surface area contributed by atoms with Gasteiger partial charge in [0, 0.05) is 28.9 Å². The maximum atomic E-state index is 13.4. The molecule has 0 bridgehead atoms. The highest BCUT2D eigenvalue weighted by atomic mass is 16.8. The van der Waals surface area contributed by atoms with Crippen molar-refractivity contribution in [2.24, 2.45) is 23.7 Å². The fraction of sp³-hybridized carbons (Fsp3) is 0.568. The van der Waals surface area contributed by atoms with E-state index in [4.69, 9.17) is 47.4 Å². The summed E-state index contributed by atoms with van der Waals surface area (Å²) in [6.07, 6.45) is -6.12. The van der Waals surface area contributed by atoms with Gasteiger partial charge in [-0.25, -0.2) is 4.79 Å². The summed E-state index contributed by atoms with van der Waals surface area (Å²) in [7, 11) is 0. The van der Waals surface area contributed by atoms with E-state index in [9.17, 15) is 4.79 Å². The van der Waals surface area contributed by atoms with Crippen LogP contribution in [0.3, 0.4) is 0 Å². The van der Waals surface area contributed by atoms with Crippen LogP contribution in [0, 0.1) is 23.7 Å². The predicted molar refractivity (Wildman–Crippen MR) is 199 cm³/mol. The molecule has 0 amide bonds. The molecular weight excluding hydrogens is 704 g/mol. The Morgan fingerprint density at radius 2 is 1.02 bits per heavy atom. The molecule has 11 heteroatoms. The maximum absolute atomic E-state index is 13.4. The number of ether oxygens (including phenoxy) is 10. The van der Waals surface area contributed by atoms with Crippen LogP contribution in [0.2, 0.25) is 0 Å². The van der Waals surface area contributed by atoms with Gasteiger partial charge in [-0.15, -0.1) is 0 Å². The van der Waals surface area contributed by atoms with E-state index in [0.717, 1.165) is 11.1 Å². The van der Waals surface area contributed by atoms with Gasteiger partial charge in [0.1, 0.15) is 24.4 Å². The van der Waals surface area contributed by atoms with Gasteiger partial charge in [0.2, 0.25) is 0 Å². The van der Waals surface area contributed by atoms with Crippen LogP contribution in [0.4, 0.5) is 0 Å². The summed E-state index contributed by atoms with van der Waals surface area (Å²) < 4.78 is 65.6. The van der Waals surface area contributed by atoms with Gasteiger partial charge >= 0.3 is 5.97 Å². The molecule has 0 spiro atoms. The van der Waals surface area contributed by atoms with Crippen LogP contribution in [0.25, 0.3) is 0 Å². The molecule has 8 unspecified atom stereocenters. The Kier molecular flexibility index (Phi) is 11.7. The Balaban J connectivity index is 1.03. The number of benzene rings is 3. The fourth-order valence-corrected chi connectivity index (χ4v) is 8.57. The highest BCUT2D eigenvalue weighted by Crippen LogP contribution is 2.44. The van der Waals surface area contributed by atoms with Crippen LogP contribution >= 0.6 is 0 Å². The van der Waals surface area contributed by atoms with Crippen LogP contribution in [0.1, 0.15) is 75.6 Å². The lowest BCUT2D eigenvalue weighted by Gasteiger charge is -2.53. The van der Waals surface area contributed by atoms with Crippen molar-refractivity contribution in [2.75, 3.05) is 13.2 Å². The molecule has 3 aromatic carbocycles. The first-order valence-electron chi connectivity index (χ1n) is 19.8. The third kappa shape index (κ3) is 8.01. The van der Waals surface area contributed by atoms with Crippen LogP contribution in [0.15, 0.2) is 91.0 Å². The minimum atomic E-state index is -0.744. The summed E-state index contributed by atoms with van der Waals surface area (Å²) >= 11 is 0. The van der Waals surface area contributed by atoms with Crippen LogP contribution in [-0.4, -0.2) is 86.7 Å². The Hall–Kier alpha value is -3.23. The van der Waals surface area contributed by atoms with E-state index in [2.05, 4.69) is 27.7 Å². The van der Waals surface area contributed by atoms with Crippen molar-refractivity contribution in [3.8, 4) is 0 Å². The molecular formula is C44H54O11. The van der Waals surface area contributed by atoms with Gasteiger partial charge in [-0.2, -0.15) is 0 Å². The smallest absolute Gasteiger partial charge is 0.338 e. The maximum Gasteiger partial charge on any atom is 0.338 e. The lowest BCUT2D eigenvalue weighted by atomic mass is 9.83. The average Bonchev–Trinajstić information content (AvgIpc) is 3.22. The Bertz CT molecular complexity index is 1690. The van der Waals surface area contributed by atoms with Gasteiger partial charge in [-0.05, 0) is 31.9 Å². The van der Waals surface area contributed by atoms with Crippen LogP contribution in [0.5, 0.6) is 0 Å². The van der Waals surface area contributed by atoms with E-state index in [1.807, 2.05) is 92.7 Å². The third-order valence-electron chi connectivity index (χ3n) is 12.2. The van der Waals surface area contributed by atoms with E-state index in [1.165, 1.54) is 0 Å². The fourth-order valence-electron chi connectivity index (χ4n) is 8.57. The van der Waals surface area contributed by atoms with E-state index in [-0.39, 0.29) is 48.6 Å². The zero-order chi connectivity index (χ0) is 38.2. The summed E-state index contributed by atoms with van der Waals surface area (Å²) in [5.41, 5.74) is 2.36. The van der Waals surface area contributed by atoms with Crippen molar-refractivity contribution in [2.45, 2.75) is 122 Å². The first-order chi connectivity index (χ1) is 26.7. The zero-order valence-electron chi connectivity index (χ0n) is 32.4. The van der Waals surface area contributed by atoms with E-state index < -0.39 is 67.8 Å². The number of carbonyl (C=O) groups excluding carboxylic acids is 1. The number of hydrogen-bond acceptors (Lipinski definition) is 11. The molecule has 17 atom stereocenters. The van der Waals surface area contributed by atoms with Crippen molar-refractivity contribution in [1.82, 2.24) is 0 Å². The second-order valence-corrected chi connectivity index (χ2v) is 15.9. The minimum absolute atomic E-state index is 0.0209. The quantitative estimate of drug-likeness (QED) is 0.221. The molecule has 0 aliphatic carbocycles. The highest BCUT2D eigenvalue weighted by molar-refractivity contribution is 5.89.